The number of rotatable bonds is 3. The minimum absolute atomic E-state index is 0.0178. The Hall–Kier alpha value is -2.74. The van der Waals surface area contributed by atoms with Gasteiger partial charge in [0, 0.05) is 30.2 Å². The zero-order valence-electron chi connectivity index (χ0n) is 15.8. The van der Waals surface area contributed by atoms with E-state index < -0.39 is 9.84 Å². The number of aryl methyl sites for hydroxylation is 2. The first-order chi connectivity index (χ1) is 13.3. The number of sulfone groups is 1. The molecule has 28 heavy (non-hydrogen) atoms. The Bertz CT molecular complexity index is 1200. The van der Waals surface area contributed by atoms with Crippen LogP contribution in [0.4, 0.5) is 5.95 Å². The van der Waals surface area contributed by atoms with Crippen molar-refractivity contribution in [3.8, 4) is 11.1 Å². The second kappa shape index (κ2) is 7.01. The van der Waals surface area contributed by atoms with Gasteiger partial charge >= 0.3 is 0 Å². The number of pyridine rings is 1. The van der Waals surface area contributed by atoms with Crippen molar-refractivity contribution in [1.29, 1.82) is 0 Å². The summed E-state index contributed by atoms with van der Waals surface area (Å²) in [5.74, 6) is 0.767. The molecule has 2 aromatic heterocycles. The van der Waals surface area contributed by atoms with Crippen molar-refractivity contribution in [3.63, 3.8) is 0 Å². The number of fused-ring (bicyclic) bond motifs is 1. The Balaban J connectivity index is 1.69. The summed E-state index contributed by atoms with van der Waals surface area (Å²) in [4.78, 5) is 21.8. The highest BCUT2D eigenvalue weighted by Gasteiger charge is 2.24. The van der Waals surface area contributed by atoms with Crippen molar-refractivity contribution in [2.24, 2.45) is 7.05 Å². The number of hydrogen-bond acceptors (Lipinski definition) is 6. The van der Waals surface area contributed by atoms with Gasteiger partial charge in [0.15, 0.2) is 0 Å². The number of benzene rings is 1. The smallest absolute Gasteiger partial charge is 0.259 e. The lowest BCUT2D eigenvalue weighted by Crippen LogP contribution is -2.32. The van der Waals surface area contributed by atoms with E-state index in [0.29, 0.717) is 30.0 Å². The highest BCUT2D eigenvalue weighted by molar-refractivity contribution is 7.91. The molecule has 1 fully saturated rings. The van der Waals surface area contributed by atoms with Gasteiger partial charge in [0.2, 0.25) is 5.95 Å². The lowest BCUT2D eigenvalue weighted by molar-refractivity contribution is 0.558. The van der Waals surface area contributed by atoms with Crippen LogP contribution in [0, 0.1) is 6.92 Å². The topological polar surface area (TPSA) is 93.9 Å². The predicted octanol–water partition coefficient (Wildman–Crippen LogP) is 2.29. The summed E-state index contributed by atoms with van der Waals surface area (Å²) in [6.45, 7) is 1.98. The van der Waals surface area contributed by atoms with Crippen LogP contribution in [0.3, 0.4) is 0 Å². The standard InChI is InChI=1S/C20H22N4O3S/c1-13-5-3-4-6-16(13)17-11-14-12-21-20(23-18(14)24(2)19(17)25)22-15-7-9-28(26,27)10-8-15/h3-6,11-12,15H,7-10H2,1-2H3,(H,21,22,23). The van der Waals surface area contributed by atoms with E-state index in [2.05, 4.69) is 15.3 Å². The molecule has 0 atom stereocenters. The SMILES string of the molecule is Cc1ccccc1-c1cc2cnc(NC3CCS(=O)(=O)CC3)nc2n(C)c1=O. The number of nitrogens with one attached hydrogen (secondary N) is 1. The lowest BCUT2D eigenvalue weighted by atomic mass is 10.0. The summed E-state index contributed by atoms with van der Waals surface area (Å²) >= 11 is 0. The van der Waals surface area contributed by atoms with Crippen molar-refractivity contribution in [3.05, 3.63) is 52.4 Å². The molecule has 0 unspecified atom stereocenters. The van der Waals surface area contributed by atoms with E-state index in [1.807, 2.05) is 37.3 Å². The van der Waals surface area contributed by atoms with Crippen LogP contribution in [0.1, 0.15) is 18.4 Å². The second-order valence-corrected chi connectivity index (χ2v) is 9.58. The Labute approximate surface area is 163 Å². The molecule has 0 radical (unpaired) electrons. The molecule has 0 saturated carbocycles. The van der Waals surface area contributed by atoms with Gasteiger partial charge in [-0.2, -0.15) is 4.98 Å². The molecule has 4 rings (SSSR count). The second-order valence-electron chi connectivity index (χ2n) is 7.28. The molecule has 1 N–H and O–H groups in total. The van der Waals surface area contributed by atoms with Crippen molar-refractivity contribution in [2.45, 2.75) is 25.8 Å². The van der Waals surface area contributed by atoms with E-state index in [0.717, 1.165) is 16.5 Å². The summed E-state index contributed by atoms with van der Waals surface area (Å²) in [6, 6.07) is 9.63. The lowest BCUT2D eigenvalue weighted by Gasteiger charge is -2.23. The minimum atomic E-state index is -2.92. The highest BCUT2D eigenvalue weighted by Crippen LogP contribution is 2.23. The maximum atomic E-state index is 12.9. The van der Waals surface area contributed by atoms with Gasteiger partial charge in [-0.05, 0) is 37.0 Å². The minimum Gasteiger partial charge on any atom is -0.351 e. The van der Waals surface area contributed by atoms with Gasteiger partial charge in [0.05, 0.1) is 11.5 Å². The monoisotopic (exact) mass is 398 g/mol. The van der Waals surface area contributed by atoms with E-state index in [1.54, 1.807) is 13.2 Å². The van der Waals surface area contributed by atoms with E-state index in [-0.39, 0.29) is 23.1 Å². The summed E-state index contributed by atoms with van der Waals surface area (Å²) in [5, 5.41) is 3.99. The van der Waals surface area contributed by atoms with Gasteiger partial charge < -0.3 is 5.32 Å². The fourth-order valence-corrected chi connectivity index (χ4v) is 5.09. The largest absolute Gasteiger partial charge is 0.351 e. The van der Waals surface area contributed by atoms with Crippen molar-refractivity contribution in [1.82, 2.24) is 14.5 Å². The molecule has 1 aliphatic rings. The summed E-state index contributed by atoms with van der Waals surface area (Å²) in [6.07, 6.45) is 2.77. The molecule has 1 saturated heterocycles. The number of hydrogen-bond donors (Lipinski definition) is 1. The molecule has 8 heteroatoms. The van der Waals surface area contributed by atoms with Crippen LogP contribution < -0.4 is 10.9 Å². The summed E-state index contributed by atoms with van der Waals surface area (Å²) in [5.41, 5.74) is 2.98. The van der Waals surface area contributed by atoms with Gasteiger partial charge in [-0.1, -0.05) is 24.3 Å². The molecule has 7 nitrogen and oxygen atoms in total. The summed E-state index contributed by atoms with van der Waals surface area (Å²) in [7, 11) is -1.21. The molecule has 0 bridgehead atoms. The van der Waals surface area contributed by atoms with Gasteiger partial charge in [0.1, 0.15) is 15.5 Å². The number of aromatic nitrogens is 3. The van der Waals surface area contributed by atoms with Gasteiger partial charge in [0.25, 0.3) is 5.56 Å². The summed E-state index contributed by atoms with van der Waals surface area (Å²) < 4.78 is 24.7. The molecule has 1 aromatic carbocycles. The maximum absolute atomic E-state index is 12.9. The third-order valence-electron chi connectivity index (χ3n) is 5.27. The fourth-order valence-electron chi connectivity index (χ4n) is 3.60. The zero-order chi connectivity index (χ0) is 19.9. The Morgan fingerprint density at radius 3 is 2.57 bits per heavy atom. The molecular formula is C20H22N4O3S. The molecule has 0 spiro atoms. The van der Waals surface area contributed by atoms with E-state index in [1.165, 1.54) is 4.57 Å². The van der Waals surface area contributed by atoms with E-state index in [9.17, 15) is 13.2 Å². The number of anilines is 1. The predicted molar refractivity (Wildman–Crippen MR) is 110 cm³/mol. The van der Waals surface area contributed by atoms with Crippen LogP contribution in [0.25, 0.3) is 22.2 Å². The van der Waals surface area contributed by atoms with Crippen molar-refractivity contribution in [2.75, 3.05) is 16.8 Å². The molecule has 3 aromatic rings. The molecule has 0 aliphatic carbocycles. The Morgan fingerprint density at radius 2 is 1.86 bits per heavy atom. The van der Waals surface area contributed by atoms with Gasteiger partial charge in [-0.3, -0.25) is 9.36 Å². The fraction of sp³-hybridized carbons (Fsp3) is 0.350. The van der Waals surface area contributed by atoms with Crippen LogP contribution in [0.15, 0.2) is 41.3 Å². The Morgan fingerprint density at radius 1 is 1.14 bits per heavy atom. The Kier molecular flexibility index (Phi) is 4.66. The molecular weight excluding hydrogens is 376 g/mol. The zero-order valence-corrected chi connectivity index (χ0v) is 16.7. The average molecular weight is 398 g/mol. The third-order valence-corrected chi connectivity index (χ3v) is 6.99. The number of nitrogens with zero attached hydrogens (tertiary/aromatic N) is 3. The third kappa shape index (κ3) is 3.52. The highest BCUT2D eigenvalue weighted by atomic mass is 32.2. The van der Waals surface area contributed by atoms with Gasteiger partial charge in [-0.25, -0.2) is 13.4 Å². The van der Waals surface area contributed by atoms with Crippen LogP contribution in [0.2, 0.25) is 0 Å². The first-order valence-electron chi connectivity index (χ1n) is 9.24. The van der Waals surface area contributed by atoms with Crippen molar-refractivity contribution < 1.29 is 8.42 Å². The van der Waals surface area contributed by atoms with Crippen LogP contribution in [-0.4, -0.2) is 40.5 Å². The van der Waals surface area contributed by atoms with Crippen LogP contribution in [0.5, 0.6) is 0 Å². The molecule has 0 amide bonds. The molecule has 1 aliphatic heterocycles. The van der Waals surface area contributed by atoms with Gasteiger partial charge in [-0.15, -0.1) is 0 Å². The maximum Gasteiger partial charge on any atom is 0.259 e. The van der Waals surface area contributed by atoms with Crippen LogP contribution >= 0.6 is 0 Å². The van der Waals surface area contributed by atoms with Crippen molar-refractivity contribution >= 4 is 26.8 Å². The molecule has 3 heterocycles. The quantitative estimate of drug-likeness (QED) is 0.728. The first kappa shape index (κ1) is 18.6. The average Bonchev–Trinajstić information content (AvgIpc) is 2.67. The van der Waals surface area contributed by atoms with E-state index in [4.69, 9.17) is 0 Å². The normalized spacial score (nSPS) is 16.9. The molecule has 146 valence electrons. The van der Waals surface area contributed by atoms with E-state index >= 15 is 0 Å². The van der Waals surface area contributed by atoms with Crippen LogP contribution in [-0.2, 0) is 16.9 Å². The first-order valence-corrected chi connectivity index (χ1v) is 11.1.